The van der Waals surface area contributed by atoms with E-state index in [4.69, 9.17) is 39.8 Å². The highest BCUT2D eigenvalue weighted by molar-refractivity contribution is 9.69. The first-order valence-electron chi connectivity index (χ1n) is 20.2. The van der Waals surface area contributed by atoms with Gasteiger partial charge in [0.2, 0.25) is 0 Å². The van der Waals surface area contributed by atoms with Crippen molar-refractivity contribution in [1.82, 2.24) is 0 Å². The van der Waals surface area contributed by atoms with Crippen LogP contribution in [0, 0.1) is 0 Å². The van der Waals surface area contributed by atoms with Crippen LogP contribution in [0.5, 0.6) is 17.2 Å². The number of aldehydes is 1. The number of carboxylic acid groups (broad SMARTS) is 1. The van der Waals surface area contributed by atoms with Crippen LogP contribution in [-0.2, 0) is 9.31 Å². The van der Waals surface area contributed by atoms with Crippen molar-refractivity contribution in [2.75, 3.05) is 29.5 Å². The minimum absolute atomic E-state index is 0.159. The van der Waals surface area contributed by atoms with Gasteiger partial charge in [0.15, 0.2) is 0 Å². The summed E-state index contributed by atoms with van der Waals surface area (Å²) in [4.78, 5) is 48.6. The Labute approximate surface area is 421 Å². The highest BCUT2D eigenvalue weighted by Crippen LogP contribution is 2.31. The summed E-state index contributed by atoms with van der Waals surface area (Å²) in [5.41, 5.74) is 9.15. The molecule has 0 spiro atoms. The zero-order valence-corrected chi connectivity index (χ0v) is 41.0. The molecule has 7 N–H and O–H groups in total. The average molecular weight is 1120 g/mol. The zero-order valence-electron chi connectivity index (χ0n) is 36.2. The second-order valence-corrected chi connectivity index (χ2v) is 20.7. The number of nitrogens with zero attached hydrogens (tertiary/aromatic N) is 4. The molecule has 0 atom stereocenters. The molecule has 10 rings (SSSR count). The molecule has 69 heavy (non-hydrogen) atoms. The molecule has 6 aromatic carbocycles. The Morgan fingerprint density at radius 1 is 0.725 bits per heavy atom. The van der Waals surface area contributed by atoms with Crippen LogP contribution in [0.15, 0.2) is 138 Å². The van der Waals surface area contributed by atoms with Gasteiger partial charge in [-0.05, 0) is 100 Å². The van der Waals surface area contributed by atoms with E-state index in [1.165, 1.54) is 25.3 Å². The summed E-state index contributed by atoms with van der Waals surface area (Å²) in [5.74, 6) is 4.81. The number of carbonyl (C=O) groups excluding carboxylic acids is 3. The van der Waals surface area contributed by atoms with Gasteiger partial charge in [-0.1, -0.05) is 54.6 Å². The molecule has 4 heterocycles. The fourth-order valence-corrected chi connectivity index (χ4v) is 6.99. The van der Waals surface area contributed by atoms with Gasteiger partial charge in [0.1, 0.15) is 23.5 Å². The topological polar surface area (TPSA) is 255 Å². The number of nitrogens with one attached hydrogen (secondary N) is 1. The smallest absolute Gasteiger partial charge is 0.508 e. The number of methoxy groups -OCH3 is 2. The number of carbonyl (C=O) groups is 4. The number of carboxylic acids is 1. The number of aromatic hydroxyl groups is 1. The summed E-state index contributed by atoms with van der Waals surface area (Å²) in [7, 11) is 0.339. The molecule has 0 bridgehead atoms. The molecule has 0 unspecified atom stereocenters. The Kier molecular flexibility index (Phi) is 17.8. The summed E-state index contributed by atoms with van der Waals surface area (Å²) in [6.45, 7) is 0. The zero-order chi connectivity index (χ0) is 49.8. The normalized spacial score (nSPS) is 12.6. The molecule has 4 aliphatic heterocycles. The number of anilines is 3. The SMILES string of the molecule is BrB(Br)Br.COc1ccc(B(O)O)c(C=O)c1.COc1ccc2c(c1)C=NN1B2OC(=O)c2ccccc21.NNc1ccccc1C(=O)O.O=C1OB2c3ccc(O)cc3C=NN2c2ccccc21. The fraction of sp³-hybridized carbons (Fsp3) is 0.0455. The van der Waals surface area contributed by atoms with Gasteiger partial charge in [0.25, 0.3) is 0 Å². The summed E-state index contributed by atoms with van der Waals surface area (Å²) < 4.78 is 21.4. The third kappa shape index (κ3) is 12.4. The molecular weight excluding hydrogens is 1090 g/mol. The number of hydrazone groups is 2. The van der Waals surface area contributed by atoms with E-state index in [-0.39, 0.29) is 37.5 Å². The van der Waals surface area contributed by atoms with E-state index in [2.05, 4.69) is 62.9 Å². The Balaban J connectivity index is 0.000000152. The molecule has 0 saturated heterocycles. The van der Waals surface area contributed by atoms with Crippen LogP contribution in [0.2, 0.25) is 0 Å². The van der Waals surface area contributed by atoms with E-state index < -0.39 is 27.2 Å². The number of para-hydroxylation sites is 3. The summed E-state index contributed by atoms with van der Waals surface area (Å²) >= 11 is 9.31. The fourth-order valence-electron chi connectivity index (χ4n) is 6.99. The monoisotopic (exact) mass is 1120 g/mol. The Hall–Kier alpha value is -6.88. The van der Waals surface area contributed by atoms with E-state index in [0.717, 1.165) is 39.2 Å². The van der Waals surface area contributed by atoms with Crippen molar-refractivity contribution in [3.8, 4) is 17.2 Å². The quantitative estimate of drug-likeness (QED) is 0.0579. The van der Waals surface area contributed by atoms with E-state index in [1.54, 1.807) is 90.0 Å². The first-order valence-corrected chi connectivity index (χ1v) is 22.9. The van der Waals surface area contributed by atoms with Crippen molar-refractivity contribution >= 4 is 142 Å². The Morgan fingerprint density at radius 2 is 1.20 bits per heavy atom. The third-order valence-corrected chi connectivity index (χ3v) is 10.2. The van der Waals surface area contributed by atoms with Crippen molar-refractivity contribution in [3.05, 3.63) is 161 Å². The molecule has 0 aliphatic carbocycles. The van der Waals surface area contributed by atoms with Crippen LogP contribution >= 0.6 is 47.3 Å². The number of ether oxygens (including phenoxy) is 2. The van der Waals surface area contributed by atoms with E-state index >= 15 is 0 Å². The van der Waals surface area contributed by atoms with E-state index in [0.29, 0.717) is 28.8 Å². The minimum atomic E-state index is -1.63. The predicted octanol–water partition coefficient (Wildman–Crippen LogP) is 4.54. The lowest BCUT2D eigenvalue weighted by atomic mass is 9.67. The van der Waals surface area contributed by atoms with Gasteiger partial charge in [-0.25, -0.2) is 14.4 Å². The second-order valence-electron chi connectivity index (χ2n) is 14.3. The third-order valence-electron chi connectivity index (χ3n) is 10.2. The van der Waals surface area contributed by atoms with E-state index in [9.17, 15) is 24.3 Å². The highest BCUT2D eigenvalue weighted by Gasteiger charge is 2.44. The standard InChI is InChI=1S/C15H11BN2O3.C14H9BN2O3.C8H9BO4.C7H8N2O2.BBr3/c1-20-11-6-7-13-10(8-11)9-17-18-14-5-3-2-4-12(14)15(19)21-16(13)18;18-10-5-6-12-9(7-10)8-16-17-13-4-2-1-3-11(13)14(19)20-15(12)17;1-13-7-2-3-8(9(11)12)6(4-7)5-10;8-9-6-4-2-1-3-5(6)7(10)11;2-1(3)4/h2-9H,1H3;1-8,18H;2-5,11-12H,1H3;1-4,9H,8H2,(H,10,11);. The second kappa shape index (κ2) is 23.9. The molecule has 4 aliphatic rings. The van der Waals surface area contributed by atoms with Gasteiger partial charge in [-0.15, -0.1) is 47.3 Å². The number of fused-ring (bicyclic) bond motifs is 10. The molecule has 0 amide bonds. The van der Waals surface area contributed by atoms with Crippen molar-refractivity contribution in [3.63, 3.8) is 0 Å². The van der Waals surface area contributed by atoms with Crippen molar-refractivity contribution in [2.24, 2.45) is 16.0 Å². The van der Waals surface area contributed by atoms with Crippen LogP contribution in [0.4, 0.5) is 17.1 Å². The van der Waals surface area contributed by atoms with Crippen molar-refractivity contribution in [2.45, 2.75) is 0 Å². The molecule has 0 fully saturated rings. The van der Waals surface area contributed by atoms with Gasteiger partial charge in [0.05, 0.1) is 60.4 Å². The molecule has 18 nitrogen and oxygen atoms in total. The van der Waals surface area contributed by atoms with Crippen LogP contribution in [0.25, 0.3) is 0 Å². The predicted molar refractivity (Wildman–Crippen MR) is 278 cm³/mol. The highest BCUT2D eigenvalue weighted by atomic mass is 79.9. The van der Waals surface area contributed by atoms with Crippen LogP contribution < -0.4 is 47.0 Å². The van der Waals surface area contributed by atoms with Gasteiger partial charge in [-0.3, -0.25) is 20.5 Å². The Morgan fingerprint density at radius 3 is 1.70 bits per heavy atom. The molecular formula is C44H37B4Br3N6O12. The summed E-state index contributed by atoms with van der Waals surface area (Å²) in [6, 6.07) is 35.9. The van der Waals surface area contributed by atoms with E-state index in [1.807, 2.05) is 48.5 Å². The number of hydrogen-bond donors (Lipinski definition) is 6. The maximum atomic E-state index is 12.1. The molecule has 348 valence electrons. The van der Waals surface area contributed by atoms with Crippen molar-refractivity contribution < 1.29 is 58.2 Å². The van der Waals surface area contributed by atoms with Crippen LogP contribution in [-0.4, -0.2) is 95.5 Å². The van der Waals surface area contributed by atoms with Gasteiger partial charge in [-0.2, -0.15) is 10.2 Å². The lowest BCUT2D eigenvalue weighted by Gasteiger charge is -2.34. The molecule has 0 radical (unpaired) electrons. The van der Waals surface area contributed by atoms with Crippen LogP contribution in [0.3, 0.4) is 0 Å². The van der Waals surface area contributed by atoms with Crippen LogP contribution in [0.1, 0.15) is 52.6 Å². The average Bonchev–Trinajstić information content (AvgIpc) is 3.36. The van der Waals surface area contributed by atoms with Gasteiger partial charge < -0.3 is 44.5 Å². The molecule has 6 aromatic rings. The van der Waals surface area contributed by atoms with Gasteiger partial charge >= 0.3 is 42.3 Å². The number of aromatic carboxylic acids is 1. The molecule has 25 heteroatoms. The number of rotatable bonds is 6. The largest absolute Gasteiger partial charge is 0.544 e. The summed E-state index contributed by atoms with van der Waals surface area (Å²) in [6.07, 6.45) is 3.96. The lowest BCUT2D eigenvalue weighted by molar-refractivity contribution is 0.0693. The number of phenols is 1. The number of phenolic OH excluding ortho intramolecular Hbond substituents is 1. The number of benzene rings is 6. The number of nitrogens with two attached hydrogens (primary N) is 1. The first kappa shape index (κ1) is 51.5. The number of nitrogen functional groups attached to an aromatic ring is 1. The molecule has 0 saturated carbocycles. The lowest BCUT2D eigenvalue weighted by Crippen LogP contribution is -2.55. The maximum Gasteiger partial charge on any atom is 0.544 e. The molecule has 0 aromatic heterocycles. The number of halogens is 3. The Bertz CT molecular complexity index is 2920. The van der Waals surface area contributed by atoms with Crippen molar-refractivity contribution in [1.29, 1.82) is 0 Å². The maximum absolute atomic E-state index is 12.1. The van der Waals surface area contributed by atoms with Gasteiger partial charge in [0, 0.05) is 5.56 Å². The minimum Gasteiger partial charge on any atom is -0.508 e. The summed E-state index contributed by atoms with van der Waals surface area (Å²) in [5, 5.41) is 44.6. The number of hydrazine groups is 1. The first-order chi connectivity index (χ1) is 33.2. The number of hydrogen-bond acceptors (Lipinski definition) is 17.